The van der Waals surface area contributed by atoms with Crippen LogP contribution in [0.4, 0.5) is 8.78 Å². The van der Waals surface area contributed by atoms with E-state index in [0.29, 0.717) is 31.1 Å². The molecular formula is C18H23F2NO4. The molecule has 0 saturated carbocycles. The molecule has 0 radical (unpaired) electrons. The van der Waals surface area contributed by atoms with E-state index in [1.165, 1.54) is 11.0 Å². The molecule has 7 heteroatoms. The number of carboxylic acids is 1. The van der Waals surface area contributed by atoms with Crippen molar-refractivity contribution in [2.75, 3.05) is 19.8 Å². The Hall–Kier alpha value is -2.02. The van der Waals surface area contributed by atoms with Gasteiger partial charge in [-0.3, -0.25) is 9.59 Å². The highest BCUT2D eigenvalue weighted by atomic mass is 19.2. The Morgan fingerprint density at radius 2 is 1.88 bits per heavy atom. The highest BCUT2D eigenvalue weighted by Crippen LogP contribution is 2.21. The topological polar surface area (TPSA) is 66.8 Å². The van der Waals surface area contributed by atoms with Crippen molar-refractivity contribution >= 4 is 11.9 Å². The number of benzene rings is 1. The van der Waals surface area contributed by atoms with Crippen LogP contribution in [0.25, 0.3) is 0 Å². The van der Waals surface area contributed by atoms with Gasteiger partial charge in [0, 0.05) is 32.7 Å². The molecule has 1 saturated heterocycles. The summed E-state index contributed by atoms with van der Waals surface area (Å²) in [5.41, 5.74) is 0.434. The van der Waals surface area contributed by atoms with Gasteiger partial charge in [0.25, 0.3) is 0 Å². The molecule has 1 aliphatic heterocycles. The van der Waals surface area contributed by atoms with E-state index >= 15 is 0 Å². The number of hydrogen-bond acceptors (Lipinski definition) is 3. The minimum atomic E-state index is -1.01. The third-order valence-electron chi connectivity index (χ3n) is 4.41. The number of carbonyl (C=O) groups excluding carboxylic acids is 1. The van der Waals surface area contributed by atoms with Gasteiger partial charge in [0.15, 0.2) is 11.6 Å². The van der Waals surface area contributed by atoms with E-state index in [2.05, 4.69) is 0 Å². The summed E-state index contributed by atoms with van der Waals surface area (Å²) in [6.45, 7) is 1.52. The van der Waals surface area contributed by atoms with Crippen molar-refractivity contribution in [2.45, 2.75) is 38.6 Å². The first kappa shape index (κ1) is 19.3. The van der Waals surface area contributed by atoms with Crippen molar-refractivity contribution in [1.29, 1.82) is 0 Å². The fraction of sp³-hybridized carbons (Fsp3) is 0.556. The van der Waals surface area contributed by atoms with Gasteiger partial charge < -0.3 is 14.7 Å². The number of ether oxygens (including phenoxy) is 1. The van der Waals surface area contributed by atoms with Crippen LogP contribution in [-0.2, 0) is 20.9 Å². The highest BCUT2D eigenvalue weighted by Gasteiger charge is 2.20. The number of aliphatic carboxylic acids is 1. The second-order valence-electron chi connectivity index (χ2n) is 6.30. The Bertz CT molecular complexity index is 603. The predicted molar refractivity (Wildman–Crippen MR) is 86.8 cm³/mol. The Labute approximate surface area is 145 Å². The van der Waals surface area contributed by atoms with Crippen molar-refractivity contribution in [3.8, 4) is 0 Å². The summed E-state index contributed by atoms with van der Waals surface area (Å²) >= 11 is 0. The first-order chi connectivity index (χ1) is 12.0. The molecule has 25 heavy (non-hydrogen) atoms. The first-order valence-electron chi connectivity index (χ1n) is 8.47. The SMILES string of the molecule is O=C(O)CCN(Cc1ccc(F)c(F)c1)C(=O)CCC1CCOCC1. The fourth-order valence-electron chi connectivity index (χ4n) is 2.90. The molecule has 0 aromatic heterocycles. The van der Waals surface area contributed by atoms with E-state index in [4.69, 9.17) is 9.84 Å². The Morgan fingerprint density at radius 3 is 2.52 bits per heavy atom. The summed E-state index contributed by atoms with van der Waals surface area (Å²) in [5.74, 6) is -2.68. The highest BCUT2D eigenvalue weighted by molar-refractivity contribution is 5.77. The molecule has 0 unspecified atom stereocenters. The molecule has 1 heterocycles. The second kappa shape index (κ2) is 9.46. The molecule has 1 amide bonds. The van der Waals surface area contributed by atoms with Crippen LogP contribution in [0, 0.1) is 17.6 Å². The smallest absolute Gasteiger partial charge is 0.305 e. The number of amides is 1. The first-order valence-corrected chi connectivity index (χ1v) is 8.47. The Balaban J connectivity index is 1.96. The summed E-state index contributed by atoms with van der Waals surface area (Å²) in [7, 11) is 0. The lowest BCUT2D eigenvalue weighted by atomic mass is 9.94. The van der Waals surface area contributed by atoms with Gasteiger partial charge in [-0.05, 0) is 42.9 Å². The molecule has 5 nitrogen and oxygen atoms in total. The monoisotopic (exact) mass is 355 g/mol. The molecule has 0 spiro atoms. The Kier molecular flexibility index (Phi) is 7.31. The molecule has 138 valence electrons. The van der Waals surface area contributed by atoms with E-state index < -0.39 is 17.6 Å². The second-order valence-corrected chi connectivity index (χ2v) is 6.30. The average molecular weight is 355 g/mol. The molecular weight excluding hydrogens is 332 g/mol. The molecule has 1 fully saturated rings. The Morgan fingerprint density at radius 1 is 1.16 bits per heavy atom. The minimum absolute atomic E-state index is 0.0426. The third kappa shape index (κ3) is 6.42. The number of carboxylic acid groups (broad SMARTS) is 1. The van der Waals surface area contributed by atoms with Crippen LogP contribution < -0.4 is 0 Å². The van der Waals surface area contributed by atoms with Gasteiger partial charge >= 0.3 is 5.97 Å². The van der Waals surface area contributed by atoms with Crippen molar-refractivity contribution in [1.82, 2.24) is 4.90 Å². The lowest BCUT2D eigenvalue weighted by molar-refractivity contribution is -0.138. The van der Waals surface area contributed by atoms with E-state index in [9.17, 15) is 18.4 Å². The molecule has 2 rings (SSSR count). The van der Waals surface area contributed by atoms with Gasteiger partial charge in [0.2, 0.25) is 5.91 Å². The van der Waals surface area contributed by atoms with Gasteiger partial charge in [-0.2, -0.15) is 0 Å². The molecule has 1 aromatic carbocycles. The van der Waals surface area contributed by atoms with Crippen LogP contribution in [-0.4, -0.2) is 41.6 Å². The molecule has 1 N–H and O–H groups in total. The number of halogens is 2. The van der Waals surface area contributed by atoms with E-state index in [0.717, 1.165) is 31.4 Å². The maximum Gasteiger partial charge on any atom is 0.305 e. The summed E-state index contributed by atoms with van der Waals surface area (Å²) < 4.78 is 31.7. The van der Waals surface area contributed by atoms with Gasteiger partial charge in [-0.15, -0.1) is 0 Å². The number of rotatable bonds is 8. The molecule has 0 bridgehead atoms. The van der Waals surface area contributed by atoms with Crippen molar-refractivity contribution in [3.63, 3.8) is 0 Å². The summed E-state index contributed by atoms with van der Waals surface area (Å²) in [5, 5.41) is 8.86. The van der Waals surface area contributed by atoms with Crippen molar-refractivity contribution in [2.24, 2.45) is 5.92 Å². The zero-order valence-electron chi connectivity index (χ0n) is 14.0. The summed E-state index contributed by atoms with van der Waals surface area (Å²) in [6.07, 6.45) is 2.70. The zero-order chi connectivity index (χ0) is 18.2. The predicted octanol–water partition coefficient (Wildman–Crippen LogP) is 2.97. The summed E-state index contributed by atoms with van der Waals surface area (Å²) in [6, 6.07) is 3.44. The van der Waals surface area contributed by atoms with E-state index in [1.54, 1.807) is 0 Å². The molecule has 1 aromatic rings. The average Bonchev–Trinajstić information content (AvgIpc) is 2.60. The lowest BCUT2D eigenvalue weighted by Gasteiger charge is -2.25. The largest absolute Gasteiger partial charge is 0.481 e. The van der Waals surface area contributed by atoms with Crippen LogP contribution in [0.1, 0.15) is 37.7 Å². The normalized spacial score (nSPS) is 15.1. The zero-order valence-corrected chi connectivity index (χ0v) is 14.0. The third-order valence-corrected chi connectivity index (χ3v) is 4.41. The molecule has 0 aliphatic carbocycles. The molecule has 1 aliphatic rings. The number of hydrogen-bond donors (Lipinski definition) is 1. The van der Waals surface area contributed by atoms with Gasteiger partial charge in [-0.1, -0.05) is 6.07 Å². The van der Waals surface area contributed by atoms with Crippen LogP contribution >= 0.6 is 0 Å². The standard InChI is InChI=1S/C18H23F2NO4/c19-15-3-1-14(11-16(15)20)12-21(8-5-18(23)24)17(22)4-2-13-6-9-25-10-7-13/h1,3,11,13H,2,4-10,12H2,(H,23,24). The van der Waals surface area contributed by atoms with E-state index in [1.807, 2.05) is 0 Å². The van der Waals surface area contributed by atoms with Crippen LogP contribution in [0.15, 0.2) is 18.2 Å². The van der Waals surface area contributed by atoms with Gasteiger partial charge in [0.1, 0.15) is 0 Å². The van der Waals surface area contributed by atoms with Crippen LogP contribution in [0.3, 0.4) is 0 Å². The molecule has 0 atom stereocenters. The maximum atomic E-state index is 13.4. The summed E-state index contributed by atoms with van der Waals surface area (Å²) in [4.78, 5) is 24.7. The van der Waals surface area contributed by atoms with E-state index in [-0.39, 0.29) is 25.4 Å². The van der Waals surface area contributed by atoms with Crippen molar-refractivity contribution < 1.29 is 28.2 Å². The van der Waals surface area contributed by atoms with Crippen molar-refractivity contribution in [3.05, 3.63) is 35.4 Å². The maximum absolute atomic E-state index is 13.4. The van der Waals surface area contributed by atoms with Crippen LogP contribution in [0.5, 0.6) is 0 Å². The quantitative estimate of drug-likeness (QED) is 0.778. The number of carbonyl (C=O) groups is 2. The minimum Gasteiger partial charge on any atom is -0.481 e. The van der Waals surface area contributed by atoms with Gasteiger partial charge in [-0.25, -0.2) is 8.78 Å². The number of nitrogens with zero attached hydrogens (tertiary/aromatic N) is 1. The van der Waals surface area contributed by atoms with Gasteiger partial charge in [0.05, 0.1) is 6.42 Å². The van der Waals surface area contributed by atoms with Crippen LogP contribution in [0.2, 0.25) is 0 Å². The fourth-order valence-corrected chi connectivity index (χ4v) is 2.90. The lowest BCUT2D eigenvalue weighted by Crippen LogP contribution is -2.33.